The molecule has 3 heteroatoms. The fourth-order valence-corrected chi connectivity index (χ4v) is 1.86. The lowest BCUT2D eigenvalue weighted by molar-refractivity contribution is 0.0965. The van der Waals surface area contributed by atoms with Crippen molar-refractivity contribution in [2.45, 2.75) is 6.42 Å². The van der Waals surface area contributed by atoms with Crippen molar-refractivity contribution in [3.63, 3.8) is 0 Å². The number of rotatable bonds is 5. The van der Waals surface area contributed by atoms with Gasteiger partial charge in [-0.05, 0) is 29.8 Å². The third-order valence-electron chi connectivity index (χ3n) is 2.90. The van der Waals surface area contributed by atoms with Gasteiger partial charge in [0.1, 0.15) is 5.75 Å². The molecule has 0 aromatic heterocycles. The van der Waals surface area contributed by atoms with Gasteiger partial charge in [-0.3, -0.25) is 4.79 Å². The Morgan fingerprint density at radius 1 is 1.10 bits per heavy atom. The van der Waals surface area contributed by atoms with E-state index < -0.39 is 0 Å². The van der Waals surface area contributed by atoms with Crippen LogP contribution in [0.25, 0.3) is 0 Å². The monoisotopic (exact) mass is 267 g/mol. The Morgan fingerprint density at radius 3 is 2.35 bits per heavy atom. The number of carbonyl (C=O) groups is 1. The molecular formula is C17H17NO2. The van der Waals surface area contributed by atoms with E-state index in [2.05, 4.69) is 11.9 Å². The number of hydrogen-bond acceptors (Lipinski definition) is 2. The Kier molecular flexibility index (Phi) is 4.56. The number of amides is 1. The Bertz CT molecular complexity index is 588. The van der Waals surface area contributed by atoms with Crippen molar-refractivity contribution in [1.29, 1.82) is 0 Å². The Labute approximate surface area is 118 Å². The second-order valence-corrected chi connectivity index (χ2v) is 4.45. The molecule has 0 heterocycles. The molecule has 0 fully saturated rings. The molecule has 1 amide bonds. The Hall–Kier alpha value is -2.55. The highest BCUT2D eigenvalue weighted by Gasteiger charge is 2.06. The molecule has 3 nitrogen and oxygen atoms in total. The number of allylic oxidation sites excluding steroid dienone is 1. The van der Waals surface area contributed by atoms with Crippen molar-refractivity contribution < 1.29 is 9.53 Å². The third kappa shape index (κ3) is 3.72. The van der Waals surface area contributed by atoms with E-state index in [9.17, 15) is 4.79 Å². The van der Waals surface area contributed by atoms with Crippen LogP contribution in [0.2, 0.25) is 0 Å². The molecule has 0 saturated carbocycles. The molecule has 0 aliphatic rings. The number of benzene rings is 2. The predicted molar refractivity (Wildman–Crippen MR) is 79.7 cm³/mol. The summed E-state index contributed by atoms with van der Waals surface area (Å²) in [5, 5.41) is 2.81. The molecule has 0 aliphatic carbocycles. The molecule has 0 aliphatic heterocycles. The first-order chi connectivity index (χ1) is 9.69. The smallest absolute Gasteiger partial charge is 0.255 e. The summed E-state index contributed by atoms with van der Waals surface area (Å²) in [7, 11) is 1.63. The topological polar surface area (TPSA) is 38.3 Å². The van der Waals surface area contributed by atoms with Crippen molar-refractivity contribution in [1.82, 2.24) is 5.32 Å². The summed E-state index contributed by atoms with van der Waals surface area (Å²) in [5.41, 5.74) is 2.37. The second-order valence-electron chi connectivity index (χ2n) is 4.45. The summed E-state index contributed by atoms with van der Waals surface area (Å²) in [6.45, 7) is 3.89. The first kappa shape index (κ1) is 13.9. The maximum atomic E-state index is 12.0. The highest BCUT2D eigenvalue weighted by atomic mass is 16.5. The van der Waals surface area contributed by atoms with Gasteiger partial charge in [0.2, 0.25) is 0 Å². The average Bonchev–Trinajstić information content (AvgIpc) is 2.49. The summed E-state index contributed by atoms with van der Waals surface area (Å²) in [6, 6.07) is 16.8. The maximum absolute atomic E-state index is 12.0. The molecule has 20 heavy (non-hydrogen) atoms. The van der Waals surface area contributed by atoms with E-state index in [0.717, 1.165) is 11.3 Å². The summed E-state index contributed by atoms with van der Waals surface area (Å²) in [4.78, 5) is 12.0. The second kappa shape index (κ2) is 6.57. The molecule has 2 rings (SSSR count). The summed E-state index contributed by atoms with van der Waals surface area (Å²) in [6.07, 6.45) is 0.600. The van der Waals surface area contributed by atoms with E-state index >= 15 is 0 Å². The standard InChI is InChI=1S/C17H17NO2/c1-13(12-14-8-10-16(20-2)11-9-14)18-17(19)15-6-4-3-5-7-15/h3-11H,1,12H2,2H3,(H,18,19). The minimum Gasteiger partial charge on any atom is -0.497 e. The van der Waals surface area contributed by atoms with Crippen LogP contribution >= 0.6 is 0 Å². The van der Waals surface area contributed by atoms with E-state index in [1.807, 2.05) is 42.5 Å². The molecule has 0 radical (unpaired) electrons. The van der Waals surface area contributed by atoms with E-state index in [1.165, 1.54) is 0 Å². The molecule has 0 saturated heterocycles. The Balaban J connectivity index is 1.93. The van der Waals surface area contributed by atoms with Crippen LogP contribution < -0.4 is 10.1 Å². The van der Waals surface area contributed by atoms with Gasteiger partial charge in [-0.15, -0.1) is 0 Å². The molecule has 2 aromatic carbocycles. The summed E-state index contributed by atoms with van der Waals surface area (Å²) >= 11 is 0. The van der Waals surface area contributed by atoms with Gasteiger partial charge >= 0.3 is 0 Å². The number of hydrogen-bond donors (Lipinski definition) is 1. The largest absolute Gasteiger partial charge is 0.497 e. The zero-order chi connectivity index (χ0) is 14.4. The Morgan fingerprint density at radius 2 is 1.75 bits per heavy atom. The average molecular weight is 267 g/mol. The lowest BCUT2D eigenvalue weighted by Gasteiger charge is -2.09. The molecule has 102 valence electrons. The first-order valence-electron chi connectivity index (χ1n) is 6.36. The van der Waals surface area contributed by atoms with Crippen molar-refractivity contribution in [3.05, 3.63) is 78.0 Å². The number of ether oxygens (including phenoxy) is 1. The van der Waals surface area contributed by atoms with Gasteiger partial charge in [-0.25, -0.2) is 0 Å². The highest BCUT2D eigenvalue weighted by molar-refractivity contribution is 5.95. The fraction of sp³-hybridized carbons (Fsp3) is 0.118. The zero-order valence-corrected chi connectivity index (χ0v) is 11.4. The van der Waals surface area contributed by atoms with Crippen LogP contribution in [0.4, 0.5) is 0 Å². The van der Waals surface area contributed by atoms with Gasteiger partial charge in [0.05, 0.1) is 7.11 Å². The van der Waals surface area contributed by atoms with Gasteiger partial charge in [-0.1, -0.05) is 36.9 Å². The van der Waals surface area contributed by atoms with Crippen LogP contribution in [0.15, 0.2) is 66.9 Å². The molecule has 0 unspecified atom stereocenters. The number of carbonyl (C=O) groups excluding carboxylic acids is 1. The SMILES string of the molecule is C=C(Cc1ccc(OC)cc1)NC(=O)c1ccccc1. The van der Waals surface area contributed by atoms with E-state index in [0.29, 0.717) is 17.7 Å². The van der Waals surface area contributed by atoms with Crippen LogP contribution in [0.5, 0.6) is 5.75 Å². The lowest BCUT2D eigenvalue weighted by Crippen LogP contribution is -2.23. The van der Waals surface area contributed by atoms with Crippen molar-refractivity contribution in [3.8, 4) is 5.75 Å². The first-order valence-corrected chi connectivity index (χ1v) is 6.36. The van der Waals surface area contributed by atoms with Crippen LogP contribution in [0.3, 0.4) is 0 Å². The van der Waals surface area contributed by atoms with Gasteiger partial charge < -0.3 is 10.1 Å². The van der Waals surface area contributed by atoms with Crippen molar-refractivity contribution in [2.24, 2.45) is 0 Å². The van der Waals surface area contributed by atoms with Crippen molar-refractivity contribution in [2.75, 3.05) is 7.11 Å². The van der Waals surface area contributed by atoms with Crippen LogP contribution in [-0.2, 0) is 6.42 Å². The highest BCUT2D eigenvalue weighted by Crippen LogP contribution is 2.13. The van der Waals surface area contributed by atoms with E-state index in [-0.39, 0.29) is 5.91 Å². The number of methoxy groups -OCH3 is 1. The molecule has 1 N–H and O–H groups in total. The summed E-state index contributed by atoms with van der Waals surface area (Å²) < 4.78 is 5.10. The minimum atomic E-state index is -0.135. The molecule has 2 aromatic rings. The number of nitrogens with one attached hydrogen (secondary N) is 1. The molecule has 0 bridgehead atoms. The lowest BCUT2D eigenvalue weighted by atomic mass is 10.1. The van der Waals surface area contributed by atoms with E-state index in [1.54, 1.807) is 19.2 Å². The fourth-order valence-electron chi connectivity index (χ4n) is 1.86. The van der Waals surface area contributed by atoms with Gasteiger partial charge in [-0.2, -0.15) is 0 Å². The molecule has 0 spiro atoms. The van der Waals surface area contributed by atoms with Crippen molar-refractivity contribution >= 4 is 5.91 Å². The maximum Gasteiger partial charge on any atom is 0.255 e. The zero-order valence-electron chi connectivity index (χ0n) is 11.4. The molecular weight excluding hydrogens is 250 g/mol. The normalized spacial score (nSPS) is 9.85. The van der Waals surface area contributed by atoms with Crippen LogP contribution in [-0.4, -0.2) is 13.0 Å². The van der Waals surface area contributed by atoms with Crippen LogP contribution in [0.1, 0.15) is 15.9 Å². The van der Waals surface area contributed by atoms with Gasteiger partial charge in [0.25, 0.3) is 5.91 Å². The summed E-state index contributed by atoms with van der Waals surface area (Å²) in [5.74, 6) is 0.678. The van der Waals surface area contributed by atoms with Crippen LogP contribution in [0, 0.1) is 0 Å². The van der Waals surface area contributed by atoms with E-state index in [4.69, 9.17) is 4.74 Å². The quantitative estimate of drug-likeness (QED) is 0.903. The molecule has 0 atom stereocenters. The minimum absolute atomic E-state index is 0.135. The van der Waals surface area contributed by atoms with Gasteiger partial charge in [0.15, 0.2) is 0 Å². The van der Waals surface area contributed by atoms with Gasteiger partial charge in [0, 0.05) is 17.7 Å². The third-order valence-corrected chi connectivity index (χ3v) is 2.90. The predicted octanol–water partition coefficient (Wildman–Crippen LogP) is 3.18.